The van der Waals surface area contributed by atoms with E-state index in [1.54, 1.807) is 12.1 Å². The fourth-order valence-electron chi connectivity index (χ4n) is 2.68. The molecule has 2 heterocycles. The van der Waals surface area contributed by atoms with Gasteiger partial charge >= 0.3 is 0 Å². The van der Waals surface area contributed by atoms with Gasteiger partial charge in [0.05, 0.1) is 17.8 Å². The lowest BCUT2D eigenvalue weighted by molar-refractivity contribution is 0.0953. The third kappa shape index (κ3) is 4.31. The van der Waals surface area contributed by atoms with E-state index in [0.29, 0.717) is 35.6 Å². The molecule has 0 aliphatic rings. The van der Waals surface area contributed by atoms with Crippen LogP contribution in [0.4, 0.5) is 5.95 Å². The minimum atomic E-state index is -0.0658. The molecule has 27 heavy (non-hydrogen) atoms. The van der Waals surface area contributed by atoms with E-state index >= 15 is 0 Å². The highest BCUT2D eigenvalue weighted by molar-refractivity contribution is 5.94. The van der Waals surface area contributed by atoms with Crippen LogP contribution in [0.1, 0.15) is 37.0 Å². The number of fused-ring (bicyclic) bond motifs is 1. The maximum Gasteiger partial charge on any atom is 0.251 e. The second-order valence-corrected chi connectivity index (χ2v) is 6.07. The number of aromatic nitrogens is 3. The lowest BCUT2D eigenvalue weighted by Crippen LogP contribution is -2.24. The number of unbranched alkanes of at least 4 members (excludes halogenated alkanes) is 1. The second-order valence-electron chi connectivity index (χ2n) is 6.07. The number of nitrogens with one attached hydrogen (secondary N) is 1. The number of hydrogen-bond acceptors (Lipinski definition) is 6. The second kappa shape index (κ2) is 8.44. The normalized spacial score (nSPS) is 10.7. The lowest BCUT2D eigenvalue weighted by atomic mass is 10.1. The molecule has 140 valence electrons. The van der Waals surface area contributed by atoms with Gasteiger partial charge < -0.3 is 15.8 Å². The van der Waals surface area contributed by atoms with Gasteiger partial charge in [-0.05, 0) is 37.6 Å². The van der Waals surface area contributed by atoms with Gasteiger partial charge in [0.15, 0.2) is 5.52 Å². The summed E-state index contributed by atoms with van der Waals surface area (Å²) in [5, 5.41) is 2.91. The molecule has 0 fully saturated rings. The SMILES string of the molecule is CCCCNC(=O)c1ccc(-c2ccc3nc(N)nc(OCC)c3n2)cc1. The highest BCUT2D eigenvalue weighted by Crippen LogP contribution is 2.26. The van der Waals surface area contributed by atoms with Gasteiger partial charge in [-0.25, -0.2) is 9.97 Å². The van der Waals surface area contributed by atoms with Crippen LogP contribution < -0.4 is 15.8 Å². The van der Waals surface area contributed by atoms with Crippen molar-refractivity contribution in [2.75, 3.05) is 18.9 Å². The Morgan fingerprint density at radius 3 is 2.56 bits per heavy atom. The molecule has 0 aliphatic heterocycles. The number of nitrogens with zero attached hydrogens (tertiary/aromatic N) is 3. The number of nitrogens with two attached hydrogens (primary N) is 1. The predicted molar refractivity (Wildman–Crippen MR) is 106 cm³/mol. The largest absolute Gasteiger partial charge is 0.476 e. The van der Waals surface area contributed by atoms with Crippen LogP contribution in [0.15, 0.2) is 36.4 Å². The van der Waals surface area contributed by atoms with Gasteiger partial charge in [-0.3, -0.25) is 4.79 Å². The van der Waals surface area contributed by atoms with Crippen LogP contribution in [-0.4, -0.2) is 34.0 Å². The highest BCUT2D eigenvalue weighted by atomic mass is 16.5. The summed E-state index contributed by atoms with van der Waals surface area (Å²) in [5.74, 6) is 0.455. The first-order valence-electron chi connectivity index (χ1n) is 9.08. The number of carbonyl (C=O) groups excluding carboxylic acids is 1. The predicted octanol–water partition coefficient (Wildman–Crippen LogP) is 3.20. The average Bonchev–Trinajstić information content (AvgIpc) is 2.68. The summed E-state index contributed by atoms with van der Waals surface area (Å²) < 4.78 is 5.54. The van der Waals surface area contributed by atoms with Gasteiger partial charge in [-0.1, -0.05) is 25.5 Å². The Hall–Kier alpha value is -3.22. The first-order chi connectivity index (χ1) is 13.1. The van der Waals surface area contributed by atoms with Crippen molar-refractivity contribution < 1.29 is 9.53 Å². The number of anilines is 1. The van der Waals surface area contributed by atoms with Gasteiger partial charge in [0.2, 0.25) is 11.8 Å². The molecular formula is C20H23N5O2. The molecular weight excluding hydrogens is 342 g/mol. The van der Waals surface area contributed by atoms with Crippen LogP contribution in [0, 0.1) is 0 Å². The molecule has 0 saturated carbocycles. The number of hydrogen-bond donors (Lipinski definition) is 2. The maximum atomic E-state index is 12.1. The van der Waals surface area contributed by atoms with Gasteiger partial charge in [0.1, 0.15) is 0 Å². The molecule has 0 saturated heterocycles. The number of nitrogen functional groups attached to an aromatic ring is 1. The van der Waals surface area contributed by atoms with E-state index in [1.807, 2.05) is 31.2 Å². The van der Waals surface area contributed by atoms with Crippen LogP contribution in [0.2, 0.25) is 0 Å². The molecule has 0 aliphatic carbocycles. The molecule has 3 rings (SSSR count). The third-order valence-electron chi connectivity index (χ3n) is 4.07. The number of pyridine rings is 1. The van der Waals surface area contributed by atoms with Gasteiger partial charge in [0.25, 0.3) is 5.91 Å². The molecule has 1 aromatic carbocycles. The van der Waals surface area contributed by atoms with Crippen molar-refractivity contribution in [3.05, 3.63) is 42.0 Å². The fourth-order valence-corrected chi connectivity index (χ4v) is 2.68. The topological polar surface area (TPSA) is 103 Å². The van der Waals surface area contributed by atoms with Crippen LogP contribution in [0.5, 0.6) is 5.88 Å². The van der Waals surface area contributed by atoms with Gasteiger partial charge in [0, 0.05) is 17.7 Å². The summed E-state index contributed by atoms with van der Waals surface area (Å²) >= 11 is 0. The van der Waals surface area contributed by atoms with Crippen molar-refractivity contribution in [2.45, 2.75) is 26.7 Å². The number of benzene rings is 1. The smallest absolute Gasteiger partial charge is 0.251 e. The fraction of sp³-hybridized carbons (Fsp3) is 0.300. The number of ether oxygens (including phenoxy) is 1. The molecule has 0 atom stereocenters. The average molecular weight is 365 g/mol. The molecule has 2 aromatic heterocycles. The van der Waals surface area contributed by atoms with E-state index in [9.17, 15) is 4.79 Å². The van der Waals surface area contributed by atoms with E-state index in [-0.39, 0.29) is 11.9 Å². The van der Waals surface area contributed by atoms with E-state index in [1.165, 1.54) is 0 Å². The number of carbonyl (C=O) groups is 1. The van der Waals surface area contributed by atoms with E-state index in [0.717, 1.165) is 24.1 Å². The van der Waals surface area contributed by atoms with Crippen LogP contribution in [-0.2, 0) is 0 Å². The van der Waals surface area contributed by atoms with Crippen LogP contribution >= 0.6 is 0 Å². The molecule has 3 N–H and O–H groups in total. The first kappa shape index (κ1) is 18.6. The molecule has 0 unspecified atom stereocenters. The zero-order chi connectivity index (χ0) is 19.2. The minimum absolute atomic E-state index is 0.0658. The zero-order valence-electron chi connectivity index (χ0n) is 15.5. The third-order valence-corrected chi connectivity index (χ3v) is 4.07. The molecule has 7 nitrogen and oxygen atoms in total. The van der Waals surface area contributed by atoms with Crippen molar-refractivity contribution >= 4 is 22.9 Å². The van der Waals surface area contributed by atoms with Crippen molar-refractivity contribution in [3.63, 3.8) is 0 Å². The summed E-state index contributed by atoms with van der Waals surface area (Å²) in [6.07, 6.45) is 2.02. The molecule has 0 radical (unpaired) electrons. The summed E-state index contributed by atoms with van der Waals surface area (Å²) in [6, 6.07) is 11.0. The van der Waals surface area contributed by atoms with Crippen LogP contribution in [0.25, 0.3) is 22.3 Å². The maximum absolute atomic E-state index is 12.1. The van der Waals surface area contributed by atoms with Crippen LogP contribution in [0.3, 0.4) is 0 Å². The highest BCUT2D eigenvalue weighted by Gasteiger charge is 2.11. The number of amides is 1. The Morgan fingerprint density at radius 2 is 1.85 bits per heavy atom. The molecule has 0 spiro atoms. The molecule has 1 amide bonds. The number of rotatable bonds is 7. The van der Waals surface area contributed by atoms with Crippen molar-refractivity contribution in [1.29, 1.82) is 0 Å². The molecule has 0 bridgehead atoms. The summed E-state index contributed by atoms with van der Waals surface area (Å²) in [6.45, 7) is 5.11. The Labute approximate surface area is 158 Å². The summed E-state index contributed by atoms with van der Waals surface area (Å²) in [7, 11) is 0. The standard InChI is InChI=1S/C20H23N5O2/c1-3-5-12-22-18(26)14-8-6-13(7-9-14)15-10-11-16-17(23-15)19(27-4-2)25-20(21)24-16/h6-11H,3-5,12H2,1-2H3,(H,22,26)(H2,21,24,25). The first-order valence-corrected chi connectivity index (χ1v) is 9.08. The van der Waals surface area contributed by atoms with Gasteiger partial charge in [-0.2, -0.15) is 4.98 Å². The monoisotopic (exact) mass is 365 g/mol. The van der Waals surface area contributed by atoms with Crippen molar-refractivity contribution in [1.82, 2.24) is 20.3 Å². The van der Waals surface area contributed by atoms with E-state index < -0.39 is 0 Å². The Bertz CT molecular complexity index is 941. The van der Waals surface area contributed by atoms with Gasteiger partial charge in [-0.15, -0.1) is 0 Å². The Morgan fingerprint density at radius 1 is 1.07 bits per heavy atom. The van der Waals surface area contributed by atoms with E-state index in [2.05, 4.69) is 27.2 Å². The quantitative estimate of drug-likeness (QED) is 0.623. The molecule has 3 aromatic rings. The minimum Gasteiger partial charge on any atom is -0.476 e. The van der Waals surface area contributed by atoms with Crippen molar-refractivity contribution in [3.8, 4) is 17.1 Å². The van der Waals surface area contributed by atoms with E-state index in [4.69, 9.17) is 10.5 Å². The van der Waals surface area contributed by atoms with Crippen molar-refractivity contribution in [2.24, 2.45) is 0 Å². The summed E-state index contributed by atoms with van der Waals surface area (Å²) in [4.78, 5) is 25.1. The Balaban J connectivity index is 1.87. The molecule has 7 heteroatoms. The zero-order valence-corrected chi connectivity index (χ0v) is 15.5. The summed E-state index contributed by atoms with van der Waals surface area (Å²) in [5.41, 5.74) is 9.17. The Kier molecular flexibility index (Phi) is 5.80. The lowest BCUT2D eigenvalue weighted by Gasteiger charge is -2.09.